The molecule has 0 spiro atoms. The van der Waals surface area contributed by atoms with Crippen molar-refractivity contribution < 1.29 is 0 Å². The van der Waals surface area contributed by atoms with Crippen molar-refractivity contribution in [2.24, 2.45) is 0 Å². The number of hydrogen-bond acceptors (Lipinski definition) is 5. The average Bonchev–Trinajstić information content (AvgIpc) is 2.96. The minimum absolute atomic E-state index is 0.571. The summed E-state index contributed by atoms with van der Waals surface area (Å²) in [6.45, 7) is 0. The lowest BCUT2D eigenvalue weighted by Crippen LogP contribution is -1.96. The molecule has 1 aliphatic carbocycles. The first-order valence-corrected chi connectivity index (χ1v) is 6.66. The van der Waals surface area contributed by atoms with Crippen molar-refractivity contribution in [3.63, 3.8) is 0 Å². The van der Waals surface area contributed by atoms with Crippen molar-refractivity contribution in [3.8, 4) is 5.13 Å². The van der Waals surface area contributed by atoms with Gasteiger partial charge < -0.3 is 5.73 Å². The molecule has 0 bridgehead atoms. The first kappa shape index (κ1) is 10.0. The standard InChI is InChI=1S/C12H11N5S/c13-9-4-3-8-6-14-17(10(8)5-9)12-15-11(16-18-12)7-1-2-7/h3-7H,1-2,13H2. The molecule has 0 saturated heterocycles. The van der Waals surface area contributed by atoms with E-state index in [0.29, 0.717) is 5.92 Å². The van der Waals surface area contributed by atoms with Crippen molar-refractivity contribution in [1.82, 2.24) is 19.1 Å². The molecule has 5 nitrogen and oxygen atoms in total. The fraction of sp³-hybridized carbons (Fsp3) is 0.250. The Balaban J connectivity index is 1.86. The van der Waals surface area contributed by atoms with E-state index in [2.05, 4.69) is 14.5 Å². The summed E-state index contributed by atoms with van der Waals surface area (Å²) in [6.07, 6.45) is 4.25. The van der Waals surface area contributed by atoms with E-state index < -0.39 is 0 Å². The van der Waals surface area contributed by atoms with Crippen molar-refractivity contribution in [2.75, 3.05) is 5.73 Å². The van der Waals surface area contributed by atoms with Crippen molar-refractivity contribution >= 4 is 28.1 Å². The molecule has 1 aromatic carbocycles. The number of hydrogen-bond donors (Lipinski definition) is 1. The second-order valence-corrected chi connectivity index (χ2v) is 5.31. The zero-order valence-corrected chi connectivity index (χ0v) is 10.4. The summed E-state index contributed by atoms with van der Waals surface area (Å²) in [6, 6.07) is 5.77. The molecule has 4 rings (SSSR count). The fourth-order valence-corrected chi connectivity index (χ4v) is 2.73. The molecule has 3 aromatic rings. The lowest BCUT2D eigenvalue weighted by atomic mass is 10.2. The molecule has 1 saturated carbocycles. The zero-order valence-electron chi connectivity index (χ0n) is 9.58. The Bertz CT molecular complexity index is 725. The Hall–Kier alpha value is -1.95. The monoisotopic (exact) mass is 257 g/mol. The first-order valence-electron chi connectivity index (χ1n) is 5.88. The molecule has 90 valence electrons. The molecular weight excluding hydrogens is 246 g/mol. The molecule has 0 amide bonds. The van der Waals surface area contributed by atoms with E-state index in [1.807, 2.05) is 29.1 Å². The highest BCUT2D eigenvalue weighted by Gasteiger charge is 2.28. The number of nitrogen functional groups attached to an aromatic ring is 1. The highest BCUT2D eigenvalue weighted by molar-refractivity contribution is 7.08. The number of nitrogens with zero attached hydrogens (tertiary/aromatic N) is 4. The van der Waals surface area contributed by atoms with Crippen LogP contribution in [0.2, 0.25) is 0 Å². The van der Waals surface area contributed by atoms with Gasteiger partial charge in [-0.25, -0.2) is 9.67 Å². The lowest BCUT2D eigenvalue weighted by molar-refractivity contribution is 0.876. The third-order valence-electron chi connectivity index (χ3n) is 3.15. The summed E-state index contributed by atoms with van der Waals surface area (Å²) in [7, 11) is 0. The molecule has 1 fully saturated rings. The van der Waals surface area contributed by atoms with Gasteiger partial charge in [0.1, 0.15) is 5.82 Å². The Kier molecular flexibility index (Phi) is 1.96. The quantitative estimate of drug-likeness (QED) is 0.715. The summed E-state index contributed by atoms with van der Waals surface area (Å²) in [5.41, 5.74) is 7.53. The van der Waals surface area contributed by atoms with Crippen LogP contribution in [0.15, 0.2) is 24.4 Å². The number of benzene rings is 1. The van der Waals surface area contributed by atoms with E-state index in [-0.39, 0.29) is 0 Å². The Morgan fingerprint density at radius 2 is 2.22 bits per heavy atom. The van der Waals surface area contributed by atoms with E-state index in [9.17, 15) is 0 Å². The highest BCUT2D eigenvalue weighted by atomic mass is 32.1. The molecular formula is C12H11N5S. The van der Waals surface area contributed by atoms with E-state index in [1.165, 1.54) is 24.4 Å². The molecule has 2 heterocycles. The molecule has 2 N–H and O–H groups in total. The van der Waals surface area contributed by atoms with Crippen molar-refractivity contribution in [3.05, 3.63) is 30.2 Å². The number of anilines is 1. The first-order chi connectivity index (χ1) is 8.81. The summed E-state index contributed by atoms with van der Waals surface area (Å²) in [4.78, 5) is 4.56. The Morgan fingerprint density at radius 3 is 3.06 bits per heavy atom. The van der Waals surface area contributed by atoms with Gasteiger partial charge in [-0.3, -0.25) is 0 Å². The number of nitrogens with two attached hydrogens (primary N) is 1. The second kappa shape index (κ2) is 3.52. The predicted molar refractivity (Wildman–Crippen MR) is 70.9 cm³/mol. The summed E-state index contributed by atoms with van der Waals surface area (Å²) >= 11 is 1.39. The molecule has 6 heteroatoms. The third-order valence-corrected chi connectivity index (χ3v) is 3.86. The van der Waals surface area contributed by atoms with Crippen molar-refractivity contribution in [1.29, 1.82) is 0 Å². The van der Waals surface area contributed by atoms with Gasteiger partial charge in [-0.1, -0.05) is 0 Å². The van der Waals surface area contributed by atoms with Crippen molar-refractivity contribution in [2.45, 2.75) is 18.8 Å². The van der Waals surface area contributed by atoms with Gasteiger partial charge in [0.15, 0.2) is 0 Å². The van der Waals surface area contributed by atoms with E-state index in [4.69, 9.17) is 5.73 Å². The van der Waals surface area contributed by atoms with Crippen LogP contribution in [-0.4, -0.2) is 19.1 Å². The van der Waals surface area contributed by atoms with Crippen LogP contribution in [-0.2, 0) is 0 Å². The molecule has 0 unspecified atom stereocenters. The third kappa shape index (κ3) is 1.49. The normalized spacial score (nSPS) is 15.3. The molecule has 1 aliphatic rings. The van der Waals surface area contributed by atoms with Gasteiger partial charge in [0.25, 0.3) is 0 Å². The minimum atomic E-state index is 0.571. The van der Waals surface area contributed by atoms with Gasteiger partial charge in [-0.2, -0.15) is 9.47 Å². The molecule has 0 aliphatic heterocycles. The number of fused-ring (bicyclic) bond motifs is 1. The van der Waals surface area contributed by atoms with Crippen LogP contribution in [0, 0.1) is 0 Å². The van der Waals surface area contributed by atoms with Crippen LogP contribution in [0.1, 0.15) is 24.6 Å². The van der Waals surface area contributed by atoms with Crippen LogP contribution in [0.4, 0.5) is 5.69 Å². The number of rotatable bonds is 2. The maximum absolute atomic E-state index is 5.82. The highest BCUT2D eigenvalue weighted by Crippen LogP contribution is 2.39. The molecule has 0 radical (unpaired) electrons. The summed E-state index contributed by atoms with van der Waals surface area (Å²) in [5.74, 6) is 1.53. The largest absolute Gasteiger partial charge is 0.399 e. The minimum Gasteiger partial charge on any atom is -0.399 e. The molecule has 0 atom stereocenters. The van der Waals surface area contributed by atoms with E-state index >= 15 is 0 Å². The maximum atomic E-state index is 5.82. The Labute approximate surface area is 107 Å². The van der Waals surface area contributed by atoms with Gasteiger partial charge in [-0.15, -0.1) is 0 Å². The maximum Gasteiger partial charge on any atom is 0.230 e. The molecule has 18 heavy (non-hydrogen) atoms. The van der Waals surface area contributed by atoms with Gasteiger partial charge in [0.2, 0.25) is 5.13 Å². The predicted octanol–water partition coefficient (Wildman–Crippen LogP) is 2.34. The van der Waals surface area contributed by atoms with Gasteiger partial charge in [0, 0.05) is 28.5 Å². The zero-order chi connectivity index (χ0) is 12.1. The second-order valence-electron chi connectivity index (χ2n) is 4.58. The average molecular weight is 257 g/mol. The van der Waals surface area contributed by atoms with Crippen LogP contribution in [0.5, 0.6) is 0 Å². The van der Waals surface area contributed by atoms with Crippen LogP contribution < -0.4 is 5.73 Å². The molecule has 2 aromatic heterocycles. The SMILES string of the molecule is Nc1ccc2cnn(-c3nc(C4CC4)ns3)c2c1. The Morgan fingerprint density at radius 1 is 1.33 bits per heavy atom. The smallest absolute Gasteiger partial charge is 0.230 e. The lowest BCUT2D eigenvalue weighted by Gasteiger charge is -1.98. The number of aromatic nitrogens is 4. The van der Waals surface area contributed by atoms with E-state index in [0.717, 1.165) is 27.5 Å². The van der Waals surface area contributed by atoms with Crippen LogP contribution >= 0.6 is 11.5 Å². The van der Waals surface area contributed by atoms with Crippen LogP contribution in [0.3, 0.4) is 0 Å². The van der Waals surface area contributed by atoms with Gasteiger partial charge in [0.05, 0.1) is 11.7 Å². The van der Waals surface area contributed by atoms with Gasteiger partial charge in [-0.05, 0) is 31.0 Å². The summed E-state index contributed by atoms with van der Waals surface area (Å²) < 4.78 is 6.22. The van der Waals surface area contributed by atoms with Crippen LogP contribution in [0.25, 0.3) is 16.0 Å². The topological polar surface area (TPSA) is 69.6 Å². The fourth-order valence-electron chi connectivity index (χ4n) is 2.01. The van der Waals surface area contributed by atoms with E-state index in [1.54, 1.807) is 0 Å². The van der Waals surface area contributed by atoms with Gasteiger partial charge >= 0.3 is 0 Å². The summed E-state index contributed by atoms with van der Waals surface area (Å²) in [5, 5.41) is 6.25.